The molecule has 4 nitrogen and oxygen atoms in total. The van der Waals surface area contributed by atoms with Gasteiger partial charge in [0.2, 0.25) is 11.8 Å². The molecule has 18 heavy (non-hydrogen) atoms. The lowest BCUT2D eigenvalue weighted by Gasteiger charge is -2.21. The fourth-order valence-electron chi connectivity index (χ4n) is 1.84. The molecular formula is C12H12F2N2O2. The molecule has 1 unspecified atom stereocenters. The van der Waals surface area contributed by atoms with E-state index in [9.17, 15) is 18.4 Å². The quantitative estimate of drug-likeness (QED) is 0.784. The largest absolute Gasteiger partial charge is 0.355 e. The number of benzene rings is 1. The van der Waals surface area contributed by atoms with Crippen molar-refractivity contribution in [1.82, 2.24) is 5.32 Å². The number of nitrogens with one attached hydrogen (secondary N) is 2. The number of rotatable bonds is 2. The molecule has 1 aromatic rings. The van der Waals surface area contributed by atoms with Gasteiger partial charge in [0.05, 0.1) is 5.69 Å². The molecule has 2 N–H and O–H groups in total. The second-order valence-corrected chi connectivity index (χ2v) is 4.08. The molecule has 0 saturated carbocycles. The highest BCUT2D eigenvalue weighted by Crippen LogP contribution is 2.19. The Morgan fingerprint density at radius 3 is 2.89 bits per heavy atom. The number of carbonyl (C=O) groups excluding carboxylic acids is 2. The zero-order valence-corrected chi connectivity index (χ0v) is 9.50. The van der Waals surface area contributed by atoms with E-state index in [-0.39, 0.29) is 11.6 Å². The van der Waals surface area contributed by atoms with E-state index in [2.05, 4.69) is 10.6 Å². The monoisotopic (exact) mass is 254 g/mol. The van der Waals surface area contributed by atoms with Gasteiger partial charge in [0, 0.05) is 6.54 Å². The molecule has 1 heterocycles. The van der Waals surface area contributed by atoms with Crippen LogP contribution in [0.4, 0.5) is 14.5 Å². The number of anilines is 1. The Labute approximate surface area is 102 Å². The Bertz CT molecular complexity index is 491. The molecule has 6 heteroatoms. The SMILES string of the molecule is O=C1NCCCC1C(=O)Nc1cccc(F)c1F. The van der Waals surface area contributed by atoms with Crippen LogP contribution in [0.25, 0.3) is 0 Å². The van der Waals surface area contributed by atoms with Gasteiger partial charge >= 0.3 is 0 Å². The van der Waals surface area contributed by atoms with E-state index in [1.807, 2.05) is 0 Å². The fraction of sp³-hybridized carbons (Fsp3) is 0.333. The van der Waals surface area contributed by atoms with Gasteiger partial charge in [-0.05, 0) is 25.0 Å². The summed E-state index contributed by atoms with van der Waals surface area (Å²) in [6, 6.07) is 3.49. The van der Waals surface area contributed by atoms with Crippen LogP contribution in [0.1, 0.15) is 12.8 Å². The molecule has 1 aliphatic rings. The van der Waals surface area contributed by atoms with Crippen LogP contribution in [0.15, 0.2) is 18.2 Å². The van der Waals surface area contributed by atoms with Crippen LogP contribution < -0.4 is 10.6 Å². The van der Waals surface area contributed by atoms with Crippen LogP contribution in [-0.2, 0) is 9.59 Å². The van der Waals surface area contributed by atoms with E-state index in [4.69, 9.17) is 0 Å². The average Bonchev–Trinajstić information content (AvgIpc) is 2.35. The van der Waals surface area contributed by atoms with E-state index >= 15 is 0 Å². The highest BCUT2D eigenvalue weighted by Gasteiger charge is 2.29. The smallest absolute Gasteiger partial charge is 0.237 e. The molecule has 2 amide bonds. The number of piperidine rings is 1. The van der Waals surface area contributed by atoms with Crippen molar-refractivity contribution in [3.05, 3.63) is 29.8 Å². The molecule has 1 aromatic carbocycles. The highest BCUT2D eigenvalue weighted by atomic mass is 19.2. The first kappa shape index (κ1) is 12.5. The lowest BCUT2D eigenvalue weighted by molar-refractivity contribution is -0.134. The summed E-state index contributed by atoms with van der Waals surface area (Å²) in [7, 11) is 0. The lowest BCUT2D eigenvalue weighted by Crippen LogP contribution is -2.42. The van der Waals surface area contributed by atoms with Crippen LogP contribution in [0.3, 0.4) is 0 Å². The third-order valence-corrected chi connectivity index (χ3v) is 2.81. The van der Waals surface area contributed by atoms with Crippen molar-refractivity contribution in [1.29, 1.82) is 0 Å². The van der Waals surface area contributed by atoms with Crippen LogP contribution >= 0.6 is 0 Å². The van der Waals surface area contributed by atoms with E-state index in [1.54, 1.807) is 0 Å². The molecule has 0 aromatic heterocycles. The maximum Gasteiger partial charge on any atom is 0.237 e. The maximum atomic E-state index is 13.3. The van der Waals surface area contributed by atoms with Crippen molar-refractivity contribution in [2.45, 2.75) is 12.8 Å². The molecule has 1 atom stereocenters. The van der Waals surface area contributed by atoms with Gasteiger partial charge < -0.3 is 10.6 Å². The minimum atomic E-state index is -1.12. The van der Waals surface area contributed by atoms with E-state index in [0.717, 1.165) is 6.07 Å². The number of carbonyl (C=O) groups is 2. The first-order valence-corrected chi connectivity index (χ1v) is 5.62. The summed E-state index contributed by atoms with van der Waals surface area (Å²) < 4.78 is 26.3. The number of hydrogen-bond donors (Lipinski definition) is 2. The number of halogens is 2. The number of hydrogen-bond acceptors (Lipinski definition) is 2. The molecule has 0 aliphatic carbocycles. The van der Waals surface area contributed by atoms with Gasteiger partial charge in [0.25, 0.3) is 0 Å². The van der Waals surface area contributed by atoms with Gasteiger partial charge in [-0.25, -0.2) is 8.78 Å². The molecule has 96 valence electrons. The van der Waals surface area contributed by atoms with Gasteiger partial charge in [-0.2, -0.15) is 0 Å². The Hall–Kier alpha value is -1.98. The highest BCUT2D eigenvalue weighted by molar-refractivity contribution is 6.06. The van der Waals surface area contributed by atoms with Crippen LogP contribution in [-0.4, -0.2) is 18.4 Å². The first-order chi connectivity index (χ1) is 8.59. The zero-order chi connectivity index (χ0) is 13.1. The average molecular weight is 254 g/mol. The third kappa shape index (κ3) is 2.47. The van der Waals surface area contributed by atoms with Crippen molar-refractivity contribution in [3.8, 4) is 0 Å². The van der Waals surface area contributed by atoms with Crippen molar-refractivity contribution in [2.24, 2.45) is 5.92 Å². The molecule has 2 rings (SSSR count). The first-order valence-electron chi connectivity index (χ1n) is 5.62. The predicted molar refractivity (Wildman–Crippen MR) is 60.7 cm³/mol. The Morgan fingerprint density at radius 2 is 2.17 bits per heavy atom. The molecule has 1 aliphatic heterocycles. The maximum absolute atomic E-state index is 13.3. The second-order valence-electron chi connectivity index (χ2n) is 4.08. The molecule has 1 fully saturated rings. The summed E-state index contributed by atoms with van der Waals surface area (Å²) >= 11 is 0. The summed E-state index contributed by atoms with van der Waals surface area (Å²) in [5.41, 5.74) is -0.252. The van der Waals surface area contributed by atoms with Gasteiger partial charge in [-0.1, -0.05) is 6.07 Å². The Kier molecular flexibility index (Phi) is 3.55. The van der Waals surface area contributed by atoms with Gasteiger partial charge in [0.1, 0.15) is 5.92 Å². The standard InChI is InChI=1S/C12H12F2N2O2/c13-8-4-1-5-9(10(8)14)16-12(18)7-3-2-6-15-11(7)17/h1,4-5,7H,2-3,6H2,(H,15,17)(H,16,18). The summed E-state index contributed by atoms with van der Waals surface area (Å²) in [5, 5.41) is 4.79. The van der Waals surface area contributed by atoms with Gasteiger partial charge in [-0.15, -0.1) is 0 Å². The normalized spacial score (nSPS) is 19.2. The van der Waals surface area contributed by atoms with E-state index in [1.165, 1.54) is 12.1 Å². The molecule has 1 saturated heterocycles. The number of amides is 2. The Morgan fingerprint density at radius 1 is 1.39 bits per heavy atom. The summed E-state index contributed by atoms with van der Waals surface area (Å²) in [4.78, 5) is 23.2. The van der Waals surface area contributed by atoms with Gasteiger partial charge in [-0.3, -0.25) is 9.59 Å². The summed E-state index contributed by atoms with van der Waals surface area (Å²) in [6.45, 7) is 0.539. The van der Waals surface area contributed by atoms with Crippen LogP contribution in [0.5, 0.6) is 0 Å². The lowest BCUT2D eigenvalue weighted by atomic mass is 9.97. The fourth-order valence-corrected chi connectivity index (χ4v) is 1.84. The van der Waals surface area contributed by atoms with Crippen molar-refractivity contribution in [2.75, 3.05) is 11.9 Å². The van der Waals surface area contributed by atoms with E-state index in [0.29, 0.717) is 19.4 Å². The summed E-state index contributed by atoms with van der Waals surface area (Å²) in [5.74, 6) is -4.00. The van der Waals surface area contributed by atoms with Gasteiger partial charge in [0.15, 0.2) is 11.6 Å². The third-order valence-electron chi connectivity index (χ3n) is 2.81. The molecule has 0 bridgehead atoms. The minimum absolute atomic E-state index is 0.252. The second kappa shape index (κ2) is 5.12. The van der Waals surface area contributed by atoms with E-state index < -0.39 is 23.5 Å². The van der Waals surface area contributed by atoms with Crippen molar-refractivity contribution in [3.63, 3.8) is 0 Å². The Balaban J connectivity index is 2.11. The van der Waals surface area contributed by atoms with Crippen LogP contribution in [0.2, 0.25) is 0 Å². The van der Waals surface area contributed by atoms with Crippen molar-refractivity contribution < 1.29 is 18.4 Å². The minimum Gasteiger partial charge on any atom is -0.355 e. The molecule has 0 spiro atoms. The summed E-state index contributed by atoms with van der Waals surface area (Å²) in [6.07, 6.45) is 1.10. The topological polar surface area (TPSA) is 58.2 Å². The zero-order valence-electron chi connectivity index (χ0n) is 9.50. The van der Waals surface area contributed by atoms with Crippen molar-refractivity contribution >= 4 is 17.5 Å². The molecule has 0 radical (unpaired) electrons. The predicted octanol–water partition coefficient (Wildman–Crippen LogP) is 1.43. The molecular weight excluding hydrogens is 242 g/mol. The van der Waals surface area contributed by atoms with Crippen LogP contribution in [0, 0.1) is 17.6 Å².